The van der Waals surface area contributed by atoms with Crippen LogP contribution in [0, 0.1) is 11.8 Å². The highest BCUT2D eigenvalue weighted by Crippen LogP contribution is 2.38. The van der Waals surface area contributed by atoms with Gasteiger partial charge in [0.2, 0.25) is 11.8 Å². The van der Waals surface area contributed by atoms with Crippen molar-refractivity contribution in [2.45, 2.75) is 57.3 Å². The third-order valence-electron chi connectivity index (χ3n) is 7.22. The van der Waals surface area contributed by atoms with E-state index in [0.29, 0.717) is 24.4 Å². The molecular formula is C22H28N4O3. The summed E-state index contributed by atoms with van der Waals surface area (Å²) < 4.78 is 0. The number of nitrogens with zero attached hydrogens (tertiary/aromatic N) is 2. The van der Waals surface area contributed by atoms with Crippen LogP contribution in [0.2, 0.25) is 0 Å². The molecule has 3 N–H and O–H groups in total. The van der Waals surface area contributed by atoms with E-state index in [1.54, 1.807) is 4.90 Å². The summed E-state index contributed by atoms with van der Waals surface area (Å²) in [6.45, 7) is 3.31. The topological polar surface area (TPSA) is 95.7 Å². The van der Waals surface area contributed by atoms with Gasteiger partial charge in [0.05, 0.1) is 0 Å². The number of nitrogens with one attached hydrogen (secondary N) is 1. The van der Waals surface area contributed by atoms with Crippen LogP contribution in [-0.4, -0.2) is 52.7 Å². The van der Waals surface area contributed by atoms with Gasteiger partial charge in [-0.15, -0.1) is 0 Å². The number of benzene rings is 1. The Balaban J connectivity index is 1.29. The Morgan fingerprint density at radius 2 is 1.97 bits per heavy atom. The average Bonchev–Trinajstić information content (AvgIpc) is 3.27. The molecule has 3 fully saturated rings. The second-order valence-corrected chi connectivity index (χ2v) is 9.10. The molecule has 0 bridgehead atoms. The minimum Gasteiger partial charge on any atom is -0.326 e. The van der Waals surface area contributed by atoms with Gasteiger partial charge < -0.3 is 10.6 Å². The molecule has 2 saturated heterocycles. The van der Waals surface area contributed by atoms with E-state index >= 15 is 0 Å². The Hall–Kier alpha value is -2.25. The molecular weight excluding hydrogens is 368 g/mol. The fourth-order valence-corrected chi connectivity index (χ4v) is 5.81. The van der Waals surface area contributed by atoms with Crippen LogP contribution >= 0.6 is 0 Å². The van der Waals surface area contributed by atoms with E-state index in [1.807, 2.05) is 12.1 Å². The van der Waals surface area contributed by atoms with Gasteiger partial charge in [-0.2, -0.15) is 0 Å². The zero-order valence-electron chi connectivity index (χ0n) is 16.6. The first kappa shape index (κ1) is 18.8. The van der Waals surface area contributed by atoms with Gasteiger partial charge >= 0.3 is 0 Å². The Morgan fingerprint density at radius 3 is 2.79 bits per heavy atom. The lowest BCUT2D eigenvalue weighted by atomic mass is 9.85. The van der Waals surface area contributed by atoms with E-state index in [2.05, 4.69) is 16.3 Å². The van der Waals surface area contributed by atoms with Crippen LogP contribution in [-0.2, 0) is 22.7 Å². The molecule has 1 aromatic rings. The molecule has 7 heteroatoms. The van der Waals surface area contributed by atoms with Gasteiger partial charge in [-0.05, 0) is 48.3 Å². The van der Waals surface area contributed by atoms with Crippen LogP contribution < -0.4 is 11.1 Å². The van der Waals surface area contributed by atoms with Crippen LogP contribution in [0.15, 0.2) is 18.2 Å². The Labute approximate surface area is 170 Å². The molecule has 4 atom stereocenters. The number of hydrogen-bond acceptors (Lipinski definition) is 5. The Bertz CT molecular complexity index is 870. The first-order valence-electron chi connectivity index (χ1n) is 10.7. The van der Waals surface area contributed by atoms with Gasteiger partial charge in [-0.3, -0.25) is 24.6 Å². The predicted molar refractivity (Wildman–Crippen MR) is 107 cm³/mol. The van der Waals surface area contributed by atoms with E-state index in [9.17, 15) is 14.4 Å². The van der Waals surface area contributed by atoms with Crippen molar-refractivity contribution in [3.8, 4) is 0 Å². The zero-order chi connectivity index (χ0) is 20.1. The number of fused-ring (bicyclic) bond motifs is 2. The van der Waals surface area contributed by atoms with Crippen molar-refractivity contribution in [2.75, 3.05) is 13.1 Å². The largest absolute Gasteiger partial charge is 0.326 e. The SMILES string of the molecule is N[C@@H]1CN(Cc2ccc3c(c2)CN(C2CCC(=O)NC2=O)C3=O)C[C@H]2CCC[C@H]21. The maximum absolute atomic E-state index is 12.8. The van der Waals surface area contributed by atoms with Crippen molar-refractivity contribution in [2.24, 2.45) is 17.6 Å². The van der Waals surface area contributed by atoms with E-state index in [1.165, 1.54) is 24.8 Å². The summed E-state index contributed by atoms with van der Waals surface area (Å²) in [7, 11) is 0. The first-order chi connectivity index (χ1) is 14.0. The number of amides is 3. The smallest absolute Gasteiger partial charge is 0.255 e. The molecule has 1 unspecified atom stereocenters. The van der Waals surface area contributed by atoms with Gasteiger partial charge in [0.15, 0.2) is 0 Å². The molecule has 3 heterocycles. The summed E-state index contributed by atoms with van der Waals surface area (Å²) in [4.78, 5) is 40.5. The average molecular weight is 396 g/mol. The number of nitrogens with two attached hydrogens (primary N) is 1. The van der Waals surface area contributed by atoms with Crippen molar-refractivity contribution < 1.29 is 14.4 Å². The van der Waals surface area contributed by atoms with Gasteiger partial charge in [0.1, 0.15) is 6.04 Å². The zero-order valence-corrected chi connectivity index (χ0v) is 16.6. The van der Waals surface area contributed by atoms with Gasteiger partial charge in [0.25, 0.3) is 5.91 Å². The van der Waals surface area contributed by atoms with Crippen LogP contribution in [0.1, 0.15) is 53.6 Å². The molecule has 4 aliphatic rings. The molecule has 0 radical (unpaired) electrons. The van der Waals surface area contributed by atoms with E-state index < -0.39 is 6.04 Å². The third-order valence-corrected chi connectivity index (χ3v) is 7.22. The quantitative estimate of drug-likeness (QED) is 0.744. The highest BCUT2D eigenvalue weighted by atomic mass is 16.2. The van der Waals surface area contributed by atoms with Crippen LogP contribution in [0.25, 0.3) is 0 Å². The second kappa shape index (κ2) is 7.22. The number of piperidine rings is 2. The van der Waals surface area contributed by atoms with Crippen LogP contribution in [0.5, 0.6) is 0 Å². The van der Waals surface area contributed by atoms with Crippen molar-refractivity contribution in [1.29, 1.82) is 0 Å². The summed E-state index contributed by atoms with van der Waals surface area (Å²) in [5, 5.41) is 2.35. The monoisotopic (exact) mass is 396 g/mol. The second-order valence-electron chi connectivity index (χ2n) is 9.10. The van der Waals surface area contributed by atoms with Gasteiger partial charge in [-0.1, -0.05) is 18.6 Å². The van der Waals surface area contributed by atoms with Crippen molar-refractivity contribution in [1.82, 2.24) is 15.1 Å². The highest BCUT2D eigenvalue weighted by Gasteiger charge is 2.40. The standard InChI is InChI=1S/C22H28N4O3/c23-18-12-25(10-14-2-1-3-16(14)18)9-13-4-5-17-15(8-13)11-26(22(17)29)19-6-7-20(27)24-21(19)28/h4-5,8,14,16,18-19H,1-3,6-7,9-12,23H2,(H,24,27,28)/t14-,16-,18-,19?/m1/s1. The lowest BCUT2D eigenvalue weighted by Gasteiger charge is -2.39. The summed E-state index contributed by atoms with van der Waals surface area (Å²) in [6, 6.07) is 5.72. The van der Waals surface area contributed by atoms with Crippen molar-refractivity contribution in [3.63, 3.8) is 0 Å². The number of carbonyl (C=O) groups excluding carboxylic acids is 3. The summed E-state index contributed by atoms with van der Waals surface area (Å²) in [5.41, 5.74) is 9.27. The number of likely N-dealkylation sites (tertiary alicyclic amines) is 1. The molecule has 3 aliphatic heterocycles. The van der Waals surface area contributed by atoms with E-state index in [4.69, 9.17) is 5.73 Å². The number of imide groups is 1. The van der Waals surface area contributed by atoms with E-state index in [0.717, 1.165) is 31.1 Å². The van der Waals surface area contributed by atoms with Crippen molar-refractivity contribution >= 4 is 17.7 Å². The molecule has 1 aromatic carbocycles. The number of rotatable bonds is 3. The molecule has 5 rings (SSSR count). The predicted octanol–water partition coefficient (Wildman–Crippen LogP) is 1.01. The van der Waals surface area contributed by atoms with Crippen molar-refractivity contribution in [3.05, 3.63) is 34.9 Å². The van der Waals surface area contributed by atoms with Crippen LogP contribution in [0.4, 0.5) is 0 Å². The van der Waals surface area contributed by atoms with Crippen LogP contribution in [0.3, 0.4) is 0 Å². The normalized spacial score (nSPS) is 32.3. The lowest BCUT2D eigenvalue weighted by Crippen LogP contribution is -2.52. The number of carbonyl (C=O) groups is 3. The first-order valence-corrected chi connectivity index (χ1v) is 10.7. The lowest BCUT2D eigenvalue weighted by molar-refractivity contribution is -0.136. The maximum atomic E-state index is 12.8. The minimum atomic E-state index is -0.560. The minimum absolute atomic E-state index is 0.116. The third kappa shape index (κ3) is 3.36. The summed E-state index contributed by atoms with van der Waals surface area (Å²) in [6.07, 6.45) is 4.53. The summed E-state index contributed by atoms with van der Waals surface area (Å²) in [5.74, 6) is 0.663. The fourth-order valence-electron chi connectivity index (χ4n) is 5.81. The Kier molecular flexibility index (Phi) is 4.67. The molecule has 1 saturated carbocycles. The molecule has 0 spiro atoms. The molecule has 1 aliphatic carbocycles. The Morgan fingerprint density at radius 1 is 1.10 bits per heavy atom. The summed E-state index contributed by atoms with van der Waals surface area (Å²) >= 11 is 0. The molecule has 7 nitrogen and oxygen atoms in total. The highest BCUT2D eigenvalue weighted by molar-refractivity contribution is 6.05. The maximum Gasteiger partial charge on any atom is 0.255 e. The molecule has 3 amide bonds. The van der Waals surface area contributed by atoms with Gasteiger partial charge in [-0.25, -0.2) is 0 Å². The fraction of sp³-hybridized carbons (Fsp3) is 0.591. The number of hydrogen-bond donors (Lipinski definition) is 2. The van der Waals surface area contributed by atoms with E-state index in [-0.39, 0.29) is 30.2 Å². The van der Waals surface area contributed by atoms with Gasteiger partial charge in [0, 0.05) is 44.2 Å². The molecule has 154 valence electrons. The molecule has 29 heavy (non-hydrogen) atoms. The molecule has 0 aromatic heterocycles.